The largest absolute Gasteiger partial charge is 0.478 e. The Hall–Kier alpha value is -2.66. The molecule has 0 saturated heterocycles. The van der Waals surface area contributed by atoms with Gasteiger partial charge in [-0.15, -0.1) is 0 Å². The highest BCUT2D eigenvalue weighted by Crippen LogP contribution is 2.23. The van der Waals surface area contributed by atoms with E-state index < -0.39 is 11.9 Å². The van der Waals surface area contributed by atoms with Gasteiger partial charge in [-0.05, 0) is 47.2 Å². The van der Waals surface area contributed by atoms with Gasteiger partial charge in [0.25, 0.3) is 0 Å². The molecular formula is C19H20O5. The van der Waals surface area contributed by atoms with Crippen LogP contribution in [0, 0.1) is 0 Å². The minimum absolute atomic E-state index is 0.0140. The second-order valence-electron chi connectivity index (χ2n) is 5.50. The molecule has 0 aliphatic heterocycles. The van der Waals surface area contributed by atoms with E-state index in [0.29, 0.717) is 18.6 Å². The summed E-state index contributed by atoms with van der Waals surface area (Å²) >= 11 is 0. The third-order valence-corrected chi connectivity index (χ3v) is 4.01. The standard InChI is InChI=1S/C19H20O5/c1-3-12-5-4-6-13(17(12)11-24-2)9-14-7-8-15(18(20)21)10-16(14)19(22)23/h4-8,10H,3,9,11H2,1-2H3,(H,20,21)(H,22,23). The Morgan fingerprint density at radius 1 is 1.00 bits per heavy atom. The first-order valence-corrected chi connectivity index (χ1v) is 7.66. The molecule has 0 fully saturated rings. The highest BCUT2D eigenvalue weighted by atomic mass is 16.5. The summed E-state index contributed by atoms with van der Waals surface area (Å²) in [5, 5.41) is 18.5. The Labute approximate surface area is 140 Å². The van der Waals surface area contributed by atoms with Crippen molar-refractivity contribution in [1.82, 2.24) is 0 Å². The summed E-state index contributed by atoms with van der Waals surface area (Å²) in [5.74, 6) is -2.27. The maximum absolute atomic E-state index is 11.5. The fraction of sp³-hybridized carbons (Fsp3) is 0.263. The number of methoxy groups -OCH3 is 1. The zero-order valence-electron chi connectivity index (χ0n) is 13.7. The number of aromatic carboxylic acids is 2. The Morgan fingerprint density at radius 3 is 2.29 bits per heavy atom. The molecule has 0 radical (unpaired) electrons. The Bertz CT molecular complexity index is 764. The summed E-state index contributed by atoms with van der Waals surface area (Å²) in [6.45, 7) is 2.51. The molecule has 0 aromatic heterocycles. The molecule has 0 amide bonds. The fourth-order valence-electron chi connectivity index (χ4n) is 2.78. The van der Waals surface area contributed by atoms with Gasteiger partial charge in [-0.3, -0.25) is 0 Å². The highest BCUT2D eigenvalue weighted by molar-refractivity contribution is 5.95. The number of aryl methyl sites for hydroxylation is 1. The van der Waals surface area contributed by atoms with Gasteiger partial charge in [0.05, 0.1) is 17.7 Å². The van der Waals surface area contributed by atoms with Crippen LogP contribution in [0.25, 0.3) is 0 Å². The normalized spacial score (nSPS) is 10.6. The highest BCUT2D eigenvalue weighted by Gasteiger charge is 2.16. The van der Waals surface area contributed by atoms with E-state index in [9.17, 15) is 14.7 Å². The van der Waals surface area contributed by atoms with Crippen LogP contribution in [0.4, 0.5) is 0 Å². The van der Waals surface area contributed by atoms with Crippen molar-refractivity contribution in [1.29, 1.82) is 0 Å². The van der Waals surface area contributed by atoms with Gasteiger partial charge in [0.1, 0.15) is 0 Å². The maximum atomic E-state index is 11.5. The summed E-state index contributed by atoms with van der Waals surface area (Å²) in [7, 11) is 1.63. The quantitative estimate of drug-likeness (QED) is 0.814. The lowest BCUT2D eigenvalue weighted by atomic mass is 9.92. The van der Waals surface area contributed by atoms with Gasteiger partial charge in [-0.25, -0.2) is 9.59 Å². The molecule has 0 aliphatic carbocycles. The number of hydrogen-bond acceptors (Lipinski definition) is 3. The molecule has 2 aromatic carbocycles. The zero-order chi connectivity index (χ0) is 17.7. The van der Waals surface area contributed by atoms with Crippen LogP contribution < -0.4 is 0 Å². The minimum atomic E-state index is -1.14. The third kappa shape index (κ3) is 3.81. The third-order valence-electron chi connectivity index (χ3n) is 4.01. The number of carbonyl (C=O) groups is 2. The predicted molar refractivity (Wildman–Crippen MR) is 89.7 cm³/mol. The topological polar surface area (TPSA) is 83.8 Å². The molecule has 126 valence electrons. The molecule has 0 bridgehead atoms. The van der Waals surface area contributed by atoms with Crippen molar-refractivity contribution in [3.63, 3.8) is 0 Å². The predicted octanol–water partition coefficient (Wildman–Crippen LogP) is 3.38. The first-order valence-electron chi connectivity index (χ1n) is 7.66. The van der Waals surface area contributed by atoms with Crippen LogP contribution in [0.15, 0.2) is 36.4 Å². The second kappa shape index (κ2) is 7.75. The van der Waals surface area contributed by atoms with Crippen LogP contribution in [0.2, 0.25) is 0 Å². The van der Waals surface area contributed by atoms with Crippen LogP contribution in [0.3, 0.4) is 0 Å². The lowest BCUT2D eigenvalue weighted by molar-refractivity contribution is 0.0695. The maximum Gasteiger partial charge on any atom is 0.336 e. The van der Waals surface area contributed by atoms with E-state index in [0.717, 1.165) is 23.1 Å². The summed E-state index contributed by atoms with van der Waals surface area (Å²) in [6, 6.07) is 10.1. The molecule has 0 atom stereocenters. The lowest BCUT2D eigenvalue weighted by Gasteiger charge is -2.15. The molecule has 5 heteroatoms. The van der Waals surface area contributed by atoms with E-state index in [2.05, 4.69) is 6.92 Å². The number of ether oxygens (including phenoxy) is 1. The van der Waals surface area contributed by atoms with Crippen molar-refractivity contribution in [2.24, 2.45) is 0 Å². The van der Waals surface area contributed by atoms with Crippen LogP contribution >= 0.6 is 0 Å². The average Bonchev–Trinajstić information content (AvgIpc) is 2.56. The molecule has 0 unspecified atom stereocenters. The van der Waals surface area contributed by atoms with Crippen LogP contribution in [0.5, 0.6) is 0 Å². The Morgan fingerprint density at radius 2 is 1.71 bits per heavy atom. The molecule has 0 spiro atoms. The van der Waals surface area contributed by atoms with E-state index >= 15 is 0 Å². The van der Waals surface area contributed by atoms with Crippen molar-refractivity contribution in [3.05, 3.63) is 69.8 Å². The molecule has 5 nitrogen and oxygen atoms in total. The number of carboxylic acids is 2. The van der Waals surface area contributed by atoms with E-state index in [1.54, 1.807) is 13.2 Å². The van der Waals surface area contributed by atoms with E-state index in [4.69, 9.17) is 9.84 Å². The van der Waals surface area contributed by atoms with Crippen LogP contribution in [-0.4, -0.2) is 29.3 Å². The van der Waals surface area contributed by atoms with Gasteiger partial charge in [0, 0.05) is 7.11 Å². The van der Waals surface area contributed by atoms with E-state index in [1.165, 1.54) is 12.1 Å². The molecule has 0 heterocycles. The Balaban J connectivity index is 2.48. The SMILES string of the molecule is CCc1cccc(Cc2ccc(C(=O)O)cc2C(=O)O)c1COC. The molecule has 2 aromatic rings. The van der Waals surface area contributed by atoms with Gasteiger partial charge >= 0.3 is 11.9 Å². The van der Waals surface area contributed by atoms with E-state index in [1.807, 2.05) is 18.2 Å². The van der Waals surface area contributed by atoms with Crippen molar-refractivity contribution < 1.29 is 24.5 Å². The molecule has 2 rings (SSSR count). The zero-order valence-corrected chi connectivity index (χ0v) is 13.7. The summed E-state index contributed by atoms with van der Waals surface area (Å²) in [5.41, 5.74) is 3.77. The molecule has 0 aliphatic rings. The first-order chi connectivity index (χ1) is 11.5. The monoisotopic (exact) mass is 328 g/mol. The average molecular weight is 328 g/mol. The summed E-state index contributed by atoms with van der Waals surface area (Å²) < 4.78 is 5.28. The summed E-state index contributed by atoms with van der Waals surface area (Å²) in [6.07, 6.45) is 1.27. The van der Waals surface area contributed by atoms with Crippen LogP contribution in [-0.2, 0) is 24.2 Å². The smallest absolute Gasteiger partial charge is 0.336 e. The Kier molecular flexibility index (Phi) is 5.71. The van der Waals surface area contributed by atoms with Gasteiger partial charge in [0.15, 0.2) is 0 Å². The van der Waals surface area contributed by atoms with Crippen molar-refractivity contribution in [3.8, 4) is 0 Å². The van der Waals surface area contributed by atoms with Crippen molar-refractivity contribution in [2.75, 3.05) is 7.11 Å². The molecule has 0 saturated carbocycles. The second-order valence-corrected chi connectivity index (χ2v) is 5.50. The van der Waals surface area contributed by atoms with Crippen molar-refractivity contribution in [2.45, 2.75) is 26.4 Å². The number of rotatable bonds is 7. The first kappa shape index (κ1) is 17.7. The summed E-state index contributed by atoms with van der Waals surface area (Å²) in [4.78, 5) is 22.6. The number of carboxylic acid groups (broad SMARTS) is 2. The van der Waals surface area contributed by atoms with Crippen molar-refractivity contribution >= 4 is 11.9 Å². The van der Waals surface area contributed by atoms with Gasteiger partial charge < -0.3 is 14.9 Å². The van der Waals surface area contributed by atoms with Crippen LogP contribution in [0.1, 0.15) is 49.9 Å². The lowest BCUT2D eigenvalue weighted by Crippen LogP contribution is -2.08. The van der Waals surface area contributed by atoms with Gasteiger partial charge in [-0.2, -0.15) is 0 Å². The molecule has 24 heavy (non-hydrogen) atoms. The molecular weight excluding hydrogens is 308 g/mol. The van der Waals surface area contributed by atoms with E-state index in [-0.39, 0.29) is 11.1 Å². The minimum Gasteiger partial charge on any atom is -0.478 e. The molecule has 2 N–H and O–H groups in total. The number of benzene rings is 2. The van der Waals surface area contributed by atoms with Gasteiger partial charge in [-0.1, -0.05) is 31.2 Å². The number of hydrogen-bond donors (Lipinski definition) is 2. The fourth-order valence-corrected chi connectivity index (χ4v) is 2.78. The van der Waals surface area contributed by atoms with Gasteiger partial charge in [0.2, 0.25) is 0 Å².